The molecule has 0 unspecified atom stereocenters. The van der Waals surface area contributed by atoms with Crippen molar-refractivity contribution < 1.29 is 29.5 Å². The average molecular weight is 741 g/mol. The molecule has 0 saturated heterocycles. The second-order valence-electron chi connectivity index (χ2n) is 9.93. The van der Waals surface area contributed by atoms with Crippen LogP contribution < -0.4 is 9.80 Å². The first-order valence-corrected chi connectivity index (χ1v) is 14.2. The zero-order chi connectivity index (χ0) is 28.0. The molecule has 0 radical (unpaired) electrons. The van der Waals surface area contributed by atoms with Crippen molar-refractivity contribution in [1.29, 1.82) is 0 Å². The van der Waals surface area contributed by atoms with E-state index in [2.05, 4.69) is 38.8 Å². The second-order valence-corrected chi connectivity index (χ2v) is 11.8. The molecule has 0 bridgehead atoms. The van der Waals surface area contributed by atoms with Crippen molar-refractivity contribution in [3.63, 3.8) is 0 Å². The minimum atomic E-state index is -3.88. The number of hydrogen-bond acceptors (Lipinski definition) is 6. The number of hydrogen-bond donors (Lipinski definition) is 0. The molecule has 0 atom stereocenters. The smallest absolute Gasteiger partial charge is 0.378 e. The summed E-state index contributed by atoms with van der Waals surface area (Å²) in [5.74, 6) is 0.776. The van der Waals surface area contributed by atoms with E-state index < -0.39 is 9.84 Å². The number of rotatable bonds is 6. The molecular formula is C32H27N5O2PtS. The van der Waals surface area contributed by atoms with E-state index in [0.717, 1.165) is 44.6 Å². The van der Waals surface area contributed by atoms with Gasteiger partial charge in [-0.15, -0.1) is 12.1 Å². The maximum atomic E-state index is 13.5. The predicted molar refractivity (Wildman–Crippen MR) is 160 cm³/mol. The van der Waals surface area contributed by atoms with Crippen molar-refractivity contribution in [2.75, 3.05) is 38.0 Å². The van der Waals surface area contributed by atoms with Crippen LogP contribution in [0.5, 0.6) is 0 Å². The Balaban J connectivity index is 0.00000337. The molecule has 0 aliphatic rings. The van der Waals surface area contributed by atoms with Crippen LogP contribution in [0.4, 0.5) is 11.4 Å². The molecule has 0 spiro atoms. The fraction of sp³-hybridized carbons (Fsp3) is 0.125. The Morgan fingerprint density at radius 3 is 2.15 bits per heavy atom. The number of sulfone groups is 1. The molecular weight excluding hydrogens is 714 g/mol. The van der Waals surface area contributed by atoms with Crippen LogP contribution in [-0.4, -0.2) is 51.1 Å². The molecule has 0 aliphatic carbocycles. The van der Waals surface area contributed by atoms with E-state index in [9.17, 15) is 8.42 Å². The normalized spacial score (nSPS) is 11.4. The number of fused-ring (bicyclic) bond motifs is 3. The summed E-state index contributed by atoms with van der Waals surface area (Å²) in [7, 11) is 3.83. The monoisotopic (exact) mass is 740 g/mol. The Labute approximate surface area is 254 Å². The van der Waals surface area contributed by atoms with E-state index >= 15 is 0 Å². The van der Waals surface area contributed by atoms with Gasteiger partial charge in [-0.2, -0.15) is 30.3 Å². The standard InChI is InChI=1S/C32H27N5O2S.Pt/c1-35(2)24-14-16-33-31(20-24)37-29-11-6-5-10-27(29)28-13-12-23(19-30(28)37)22-8-7-9-26(18-22)40(38,39)32-21-25(36(3)4)15-17-34-32;/h5-17,20-21H,1-4H3;/q-2;+2. The third-order valence-electron chi connectivity index (χ3n) is 6.92. The number of nitrogens with zero attached hydrogens (tertiary/aromatic N) is 5. The number of aromatic nitrogens is 3. The van der Waals surface area contributed by atoms with Crippen molar-refractivity contribution in [3.05, 3.63) is 103 Å². The fourth-order valence-corrected chi connectivity index (χ4v) is 6.00. The third kappa shape index (κ3) is 5.14. The summed E-state index contributed by atoms with van der Waals surface area (Å²) in [5.41, 5.74) is 5.00. The van der Waals surface area contributed by atoms with E-state index in [1.54, 1.807) is 30.5 Å². The molecule has 0 aliphatic heterocycles. The molecule has 3 heterocycles. The minimum absolute atomic E-state index is 0. The van der Waals surface area contributed by atoms with Gasteiger partial charge in [-0.25, -0.2) is 29.5 Å². The Morgan fingerprint density at radius 1 is 0.707 bits per heavy atom. The van der Waals surface area contributed by atoms with Gasteiger partial charge in [0.2, 0.25) is 9.84 Å². The maximum Gasteiger partial charge on any atom is 2.00 e. The molecule has 9 heteroatoms. The van der Waals surface area contributed by atoms with Gasteiger partial charge in [0.05, 0.1) is 0 Å². The molecule has 208 valence electrons. The van der Waals surface area contributed by atoms with Crippen LogP contribution in [0, 0.1) is 12.1 Å². The van der Waals surface area contributed by atoms with Crippen LogP contribution >= 0.6 is 0 Å². The summed E-state index contributed by atoms with van der Waals surface area (Å²) in [6, 6.07) is 31.3. The van der Waals surface area contributed by atoms with Crippen LogP contribution in [0.2, 0.25) is 0 Å². The summed E-state index contributed by atoms with van der Waals surface area (Å²) in [6.45, 7) is 0. The van der Waals surface area contributed by atoms with Crippen LogP contribution in [0.25, 0.3) is 38.8 Å². The van der Waals surface area contributed by atoms with Crippen molar-refractivity contribution >= 4 is 43.0 Å². The number of benzene rings is 3. The number of anilines is 2. The van der Waals surface area contributed by atoms with Crippen LogP contribution in [0.15, 0.2) is 101 Å². The fourth-order valence-electron chi connectivity index (χ4n) is 4.79. The maximum absolute atomic E-state index is 13.5. The van der Waals surface area contributed by atoms with E-state index in [0.29, 0.717) is 5.56 Å². The van der Waals surface area contributed by atoms with Gasteiger partial charge in [-0.3, -0.25) is 0 Å². The molecule has 0 fully saturated rings. The first kappa shape index (κ1) is 28.5. The number of pyridine rings is 2. The van der Waals surface area contributed by atoms with Crippen molar-refractivity contribution in [2.45, 2.75) is 9.92 Å². The van der Waals surface area contributed by atoms with E-state index in [1.807, 2.05) is 80.5 Å². The Morgan fingerprint density at radius 2 is 1.39 bits per heavy atom. The Bertz CT molecular complexity index is 2000. The van der Waals surface area contributed by atoms with Crippen LogP contribution in [0.3, 0.4) is 0 Å². The zero-order valence-electron chi connectivity index (χ0n) is 22.9. The van der Waals surface area contributed by atoms with Crippen LogP contribution in [-0.2, 0) is 30.9 Å². The van der Waals surface area contributed by atoms with E-state index in [-0.39, 0.29) is 31.0 Å². The van der Waals surface area contributed by atoms with E-state index in [1.165, 1.54) is 6.20 Å². The summed E-state index contributed by atoms with van der Waals surface area (Å²) in [5, 5.41) is 2.10. The molecule has 7 nitrogen and oxygen atoms in total. The molecule has 0 N–H and O–H groups in total. The van der Waals surface area contributed by atoms with Gasteiger partial charge in [0.25, 0.3) is 0 Å². The summed E-state index contributed by atoms with van der Waals surface area (Å²) < 4.78 is 29.1. The summed E-state index contributed by atoms with van der Waals surface area (Å²) >= 11 is 0. The first-order valence-electron chi connectivity index (χ1n) is 12.7. The Hall–Kier alpha value is -4.00. The van der Waals surface area contributed by atoms with Gasteiger partial charge >= 0.3 is 21.1 Å². The van der Waals surface area contributed by atoms with Gasteiger partial charge in [0.1, 0.15) is 5.82 Å². The minimum Gasteiger partial charge on any atom is -0.378 e. The molecule has 0 amide bonds. The molecule has 6 aromatic rings. The van der Waals surface area contributed by atoms with Crippen molar-refractivity contribution in [1.82, 2.24) is 14.5 Å². The largest absolute Gasteiger partial charge is 2.00 e. The number of para-hydroxylation sites is 1. The topological polar surface area (TPSA) is 71.3 Å². The van der Waals surface area contributed by atoms with Gasteiger partial charge in [-0.1, -0.05) is 23.6 Å². The molecule has 3 aromatic carbocycles. The quantitative estimate of drug-likeness (QED) is 0.201. The Kier molecular flexibility index (Phi) is 7.73. The first-order chi connectivity index (χ1) is 19.2. The third-order valence-corrected chi connectivity index (χ3v) is 8.51. The molecule has 0 saturated carbocycles. The van der Waals surface area contributed by atoms with Gasteiger partial charge in [0.15, 0.2) is 5.03 Å². The summed E-state index contributed by atoms with van der Waals surface area (Å²) in [6.07, 6.45) is 3.31. The van der Waals surface area contributed by atoms with Crippen molar-refractivity contribution in [2.24, 2.45) is 0 Å². The SMILES string of the molecule is CN(C)c1ccnc(-n2c3[c-]c(-c4[c-]c(S(=O)(=O)c5cc(N(C)C)ccn5)ccc4)ccc3c3ccccc32)c1.[Pt+2]. The van der Waals surface area contributed by atoms with Gasteiger partial charge < -0.3 is 14.4 Å². The second kappa shape index (κ2) is 11.1. The zero-order valence-corrected chi connectivity index (χ0v) is 26.0. The van der Waals surface area contributed by atoms with Gasteiger partial charge in [-0.05, 0) is 40.1 Å². The van der Waals surface area contributed by atoms with Gasteiger partial charge in [0, 0.05) is 63.5 Å². The van der Waals surface area contributed by atoms with Crippen molar-refractivity contribution in [3.8, 4) is 16.9 Å². The predicted octanol–water partition coefficient (Wildman–Crippen LogP) is 5.80. The summed E-state index contributed by atoms with van der Waals surface area (Å²) in [4.78, 5) is 12.8. The molecule has 6 rings (SSSR count). The van der Waals surface area contributed by atoms with E-state index in [4.69, 9.17) is 0 Å². The molecule has 41 heavy (non-hydrogen) atoms. The average Bonchev–Trinajstić information content (AvgIpc) is 3.31. The molecule has 3 aromatic heterocycles. The van der Waals surface area contributed by atoms with Crippen LogP contribution in [0.1, 0.15) is 0 Å².